The number of para-hydroxylation sites is 1. The third-order valence-corrected chi connectivity index (χ3v) is 3.33. The first-order chi connectivity index (χ1) is 9.86. The van der Waals surface area contributed by atoms with E-state index in [1.165, 1.54) is 18.1 Å². The van der Waals surface area contributed by atoms with Crippen LogP contribution in [0.2, 0.25) is 0 Å². The van der Waals surface area contributed by atoms with Crippen LogP contribution < -0.4 is 4.74 Å². The Morgan fingerprint density at radius 2 is 2.05 bits per heavy atom. The van der Waals surface area contributed by atoms with Gasteiger partial charge in [-0.25, -0.2) is 4.79 Å². The molecule has 0 aromatic heterocycles. The first-order valence-electron chi connectivity index (χ1n) is 6.37. The molecule has 7 nitrogen and oxygen atoms in total. The van der Waals surface area contributed by atoms with Crippen molar-refractivity contribution in [3.8, 4) is 11.5 Å². The molecule has 1 amide bonds. The molecular weight excluding hydrogens is 278 g/mol. The van der Waals surface area contributed by atoms with Crippen molar-refractivity contribution in [2.24, 2.45) is 0 Å². The lowest BCUT2D eigenvalue weighted by molar-refractivity contribution is -0.159. The van der Waals surface area contributed by atoms with Crippen molar-refractivity contribution < 1.29 is 29.3 Å². The van der Waals surface area contributed by atoms with Gasteiger partial charge in [0.05, 0.1) is 25.8 Å². The van der Waals surface area contributed by atoms with Crippen LogP contribution in [0.3, 0.4) is 0 Å². The highest BCUT2D eigenvalue weighted by Gasteiger charge is 2.43. The number of carboxylic acid groups (broad SMARTS) is 1. The Bertz CT molecular complexity index is 565. The van der Waals surface area contributed by atoms with E-state index < -0.39 is 18.2 Å². The number of ether oxygens (including phenoxy) is 2. The van der Waals surface area contributed by atoms with Crippen molar-refractivity contribution in [1.29, 1.82) is 0 Å². The second-order valence-electron chi connectivity index (χ2n) is 5.15. The number of carbonyl (C=O) groups is 2. The Morgan fingerprint density at radius 1 is 1.38 bits per heavy atom. The van der Waals surface area contributed by atoms with E-state index >= 15 is 0 Å². The molecule has 1 aromatic carbocycles. The maximum atomic E-state index is 12.3. The summed E-state index contributed by atoms with van der Waals surface area (Å²) in [7, 11) is 1.41. The fraction of sp³-hybridized carbons (Fsp3) is 0.429. The van der Waals surface area contributed by atoms with Gasteiger partial charge in [0.25, 0.3) is 5.91 Å². The highest BCUT2D eigenvalue weighted by Crippen LogP contribution is 2.33. The molecule has 2 rings (SSSR count). The molecule has 1 heterocycles. The molecule has 0 radical (unpaired) electrons. The van der Waals surface area contributed by atoms with Gasteiger partial charge in [0.2, 0.25) is 0 Å². The van der Waals surface area contributed by atoms with Gasteiger partial charge in [0.1, 0.15) is 12.2 Å². The fourth-order valence-corrected chi connectivity index (χ4v) is 2.26. The topological polar surface area (TPSA) is 96.3 Å². The molecule has 0 saturated carbocycles. The molecule has 0 bridgehead atoms. The quantitative estimate of drug-likeness (QED) is 0.830. The van der Waals surface area contributed by atoms with E-state index in [9.17, 15) is 14.7 Å². The number of nitrogens with zero attached hydrogens (tertiary/aromatic N) is 1. The van der Waals surface area contributed by atoms with Crippen LogP contribution in [0.15, 0.2) is 18.2 Å². The van der Waals surface area contributed by atoms with E-state index in [0.29, 0.717) is 0 Å². The number of benzene rings is 1. The summed E-state index contributed by atoms with van der Waals surface area (Å²) < 4.78 is 10.2. The molecular formula is C14H17NO6. The predicted molar refractivity (Wildman–Crippen MR) is 72.6 cm³/mol. The van der Waals surface area contributed by atoms with E-state index in [1.54, 1.807) is 19.1 Å². The summed E-state index contributed by atoms with van der Waals surface area (Å²) in [6.07, 6.45) is 0. The number of hydrogen-bond acceptors (Lipinski definition) is 5. The Hall–Kier alpha value is -2.28. The minimum Gasteiger partial charge on any atom is -0.504 e. The average molecular weight is 295 g/mol. The molecule has 1 aromatic rings. The molecule has 1 aliphatic heterocycles. The maximum Gasteiger partial charge on any atom is 0.329 e. The van der Waals surface area contributed by atoms with Crippen LogP contribution in [0.25, 0.3) is 0 Å². The normalized spacial score (nSPS) is 16.2. The lowest BCUT2D eigenvalue weighted by Gasteiger charge is -2.47. The maximum absolute atomic E-state index is 12.3. The monoisotopic (exact) mass is 295 g/mol. The SMILES string of the molecule is COc1cccc(C(=O)N2CC(C)(OCC(=O)O)C2)c1O. The molecule has 2 N–H and O–H groups in total. The third-order valence-electron chi connectivity index (χ3n) is 3.33. The van der Waals surface area contributed by atoms with E-state index in [0.717, 1.165) is 0 Å². The average Bonchev–Trinajstić information content (AvgIpc) is 2.41. The largest absolute Gasteiger partial charge is 0.504 e. The standard InChI is InChI=1S/C14H17NO6/c1-14(21-6-11(16)17)7-15(8-14)13(19)9-4-3-5-10(20-2)12(9)18/h3-5,18H,6-8H2,1-2H3,(H,16,17). The summed E-state index contributed by atoms with van der Waals surface area (Å²) >= 11 is 0. The molecule has 0 unspecified atom stereocenters. The van der Waals surface area contributed by atoms with Gasteiger partial charge in [0.15, 0.2) is 11.5 Å². The lowest BCUT2D eigenvalue weighted by atomic mass is 9.95. The molecule has 21 heavy (non-hydrogen) atoms. The van der Waals surface area contributed by atoms with Crippen LogP contribution in [0.4, 0.5) is 0 Å². The van der Waals surface area contributed by atoms with Crippen LogP contribution in [-0.4, -0.2) is 59.4 Å². The Kier molecular flexibility index (Phi) is 4.04. The van der Waals surface area contributed by atoms with E-state index in [1.807, 2.05) is 0 Å². The minimum absolute atomic E-state index is 0.148. The first-order valence-corrected chi connectivity index (χ1v) is 6.37. The summed E-state index contributed by atoms with van der Waals surface area (Å²) in [5, 5.41) is 18.5. The number of phenols is 1. The van der Waals surface area contributed by atoms with E-state index in [2.05, 4.69) is 0 Å². The number of likely N-dealkylation sites (tertiary alicyclic amines) is 1. The van der Waals surface area contributed by atoms with Gasteiger partial charge in [0, 0.05) is 0 Å². The van der Waals surface area contributed by atoms with Gasteiger partial charge >= 0.3 is 5.97 Å². The number of aromatic hydroxyl groups is 1. The Morgan fingerprint density at radius 3 is 2.62 bits per heavy atom. The molecule has 1 aliphatic rings. The van der Waals surface area contributed by atoms with Crippen LogP contribution >= 0.6 is 0 Å². The summed E-state index contributed by atoms with van der Waals surface area (Å²) in [6, 6.07) is 4.68. The van der Waals surface area contributed by atoms with E-state index in [4.69, 9.17) is 14.6 Å². The number of carbonyl (C=O) groups excluding carboxylic acids is 1. The van der Waals surface area contributed by atoms with Crippen molar-refractivity contribution in [2.45, 2.75) is 12.5 Å². The molecule has 0 atom stereocenters. The highest BCUT2D eigenvalue weighted by molar-refractivity contribution is 5.98. The molecule has 0 aliphatic carbocycles. The number of aliphatic carboxylic acids is 1. The van der Waals surface area contributed by atoms with Gasteiger partial charge in [-0.2, -0.15) is 0 Å². The predicted octanol–water partition coefficient (Wildman–Crippen LogP) is 0.716. The molecule has 1 fully saturated rings. The molecule has 114 valence electrons. The molecule has 7 heteroatoms. The van der Waals surface area contributed by atoms with Crippen molar-refractivity contribution in [2.75, 3.05) is 26.8 Å². The lowest BCUT2D eigenvalue weighted by Crippen LogP contribution is -2.63. The van der Waals surface area contributed by atoms with Gasteiger partial charge in [-0.15, -0.1) is 0 Å². The number of rotatable bonds is 5. The zero-order valence-electron chi connectivity index (χ0n) is 11.8. The Balaban J connectivity index is 2.02. The first kappa shape index (κ1) is 15.1. The smallest absolute Gasteiger partial charge is 0.329 e. The minimum atomic E-state index is -1.05. The molecule has 0 spiro atoms. The van der Waals surface area contributed by atoms with Gasteiger partial charge < -0.3 is 24.6 Å². The summed E-state index contributed by atoms with van der Waals surface area (Å²) in [5.74, 6) is -1.37. The van der Waals surface area contributed by atoms with Crippen molar-refractivity contribution in [3.05, 3.63) is 23.8 Å². The van der Waals surface area contributed by atoms with Crippen molar-refractivity contribution in [1.82, 2.24) is 4.90 Å². The van der Waals surface area contributed by atoms with Crippen molar-refractivity contribution >= 4 is 11.9 Å². The second-order valence-corrected chi connectivity index (χ2v) is 5.15. The summed E-state index contributed by atoms with van der Waals surface area (Å²) in [5.41, 5.74) is -0.516. The molecule has 1 saturated heterocycles. The number of phenolic OH excluding ortho intramolecular Hbond substituents is 1. The summed E-state index contributed by atoms with van der Waals surface area (Å²) in [6.45, 7) is 1.89. The van der Waals surface area contributed by atoms with Gasteiger partial charge in [-0.3, -0.25) is 4.79 Å². The van der Waals surface area contributed by atoms with Crippen LogP contribution in [0.5, 0.6) is 11.5 Å². The second kappa shape index (κ2) is 5.61. The third kappa shape index (κ3) is 3.08. The van der Waals surface area contributed by atoms with Gasteiger partial charge in [-0.1, -0.05) is 6.07 Å². The highest BCUT2D eigenvalue weighted by atomic mass is 16.5. The Labute approximate surface area is 121 Å². The van der Waals surface area contributed by atoms with E-state index in [-0.39, 0.29) is 36.1 Å². The number of amides is 1. The number of methoxy groups -OCH3 is 1. The van der Waals surface area contributed by atoms with Gasteiger partial charge in [-0.05, 0) is 19.1 Å². The van der Waals surface area contributed by atoms with Crippen molar-refractivity contribution in [3.63, 3.8) is 0 Å². The van der Waals surface area contributed by atoms with Crippen LogP contribution in [-0.2, 0) is 9.53 Å². The van der Waals surface area contributed by atoms with Crippen LogP contribution in [0, 0.1) is 0 Å². The summed E-state index contributed by atoms with van der Waals surface area (Å²) in [4.78, 5) is 24.2. The fourth-order valence-electron chi connectivity index (χ4n) is 2.26. The van der Waals surface area contributed by atoms with Crippen LogP contribution in [0.1, 0.15) is 17.3 Å². The number of carboxylic acids is 1. The number of hydrogen-bond donors (Lipinski definition) is 2. The zero-order valence-corrected chi connectivity index (χ0v) is 11.8. The zero-order chi connectivity index (χ0) is 15.6.